The topological polar surface area (TPSA) is 60.9 Å². The second kappa shape index (κ2) is 7.74. The summed E-state index contributed by atoms with van der Waals surface area (Å²) in [7, 11) is 0. The van der Waals surface area contributed by atoms with Gasteiger partial charge in [0.05, 0.1) is 6.54 Å². The summed E-state index contributed by atoms with van der Waals surface area (Å²) >= 11 is 3.38. The number of carbonyl (C=O) groups excluding carboxylic acids is 1. The van der Waals surface area contributed by atoms with Crippen LogP contribution in [0.15, 0.2) is 28.7 Å². The van der Waals surface area contributed by atoms with Crippen molar-refractivity contribution in [1.29, 1.82) is 0 Å². The van der Waals surface area contributed by atoms with E-state index in [1.807, 2.05) is 41.0 Å². The SMILES string of the molecule is CCN(CC(=O)O)C1CCN(C(=O)c2cccc(Br)c2)CC1. The number of likely N-dealkylation sites (tertiary alicyclic amines) is 1. The number of rotatable bonds is 5. The van der Waals surface area contributed by atoms with E-state index >= 15 is 0 Å². The van der Waals surface area contributed by atoms with Crippen LogP contribution < -0.4 is 0 Å². The lowest BCUT2D eigenvalue weighted by Gasteiger charge is -2.37. The van der Waals surface area contributed by atoms with Crippen molar-refractivity contribution in [1.82, 2.24) is 9.80 Å². The van der Waals surface area contributed by atoms with Gasteiger partial charge in [-0.2, -0.15) is 0 Å². The molecule has 1 heterocycles. The Morgan fingerprint density at radius 3 is 2.59 bits per heavy atom. The Morgan fingerprint density at radius 1 is 1.36 bits per heavy atom. The molecule has 0 atom stereocenters. The second-order valence-corrected chi connectivity index (χ2v) is 6.41. The molecule has 0 bridgehead atoms. The molecule has 0 saturated carbocycles. The first-order valence-corrected chi connectivity index (χ1v) is 8.31. The molecule has 120 valence electrons. The van der Waals surface area contributed by atoms with E-state index in [4.69, 9.17) is 5.11 Å². The van der Waals surface area contributed by atoms with E-state index < -0.39 is 5.97 Å². The van der Waals surface area contributed by atoms with Gasteiger partial charge >= 0.3 is 5.97 Å². The van der Waals surface area contributed by atoms with Crippen molar-refractivity contribution in [2.24, 2.45) is 0 Å². The van der Waals surface area contributed by atoms with Crippen LogP contribution in [0.3, 0.4) is 0 Å². The van der Waals surface area contributed by atoms with Crippen LogP contribution in [0.5, 0.6) is 0 Å². The number of carbonyl (C=O) groups is 2. The molecule has 22 heavy (non-hydrogen) atoms. The van der Waals surface area contributed by atoms with Crippen LogP contribution in [-0.4, -0.2) is 59.0 Å². The van der Waals surface area contributed by atoms with Gasteiger partial charge in [0.2, 0.25) is 0 Å². The zero-order chi connectivity index (χ0) is 16.1. The maximum atomic E-state index is 12.5. The van der Waals surface area contributed by atoms with Gasteiger partial charge in [-0.1, -0.05) is 28.9 Å². The smallest absolute Gasteiger partial charge is 0.317 e. The Hall–Kier alpha value is -1.40. The standard InChI is InChI=1S/C16H21BrN2O3/c1-2-18(11-15(20)21)14-6-8-19(9-7-14)16(22)12-4-3-5-13(17)10-12/h3-5,10,14H,2,6-9,11H2,1H3,(H,20,21). The molecule has 0 aromatic heterocycles. The maximum absolute atomic E-state index is 12.5. The highest BCUT2D eigenvalue weighted by Crippen LogP contribution is 2.20. The molecule has 1 N–H and O–H groups in total. The van der Waals surface area contributed by atoms with Crippen molar-refractivity contribution in [2.45, 2.75) is 25.8 Å². The maximum Gasteiger partial charge on any atom is 0.317 e. The van der Waals surface area contributed by atoms with Crippen molar-refractivity contribution in [3.8, 4) is 0 Å². The number of amides is 1. The van der Waals surface area contributed by atoms with Crippen molar-refractivity contribution in [3.05, 3.63) is 34.3 Å². The molecule has 1 aliphatic heterocycles. The second-order valence-electron chi connectivity index (χ2n) is 5.49. The first-order chi connectivity index (χ1) is 10.5. The lowest BCUT2D eigenvalue weighted by molar-refractivity contribution is -0.139. The summed E-state index contributed by atoms with van der Waals surface area (Å²) in [6.07, 6.45) is 1.64. The van der Waals surface area contributed by atoms with Crippen LogP contribution in [-0.2, 0) is 4.79 Å². The fourth-order valence-electron chi connectivity index (χ4n) is 2.91. The minimum atomic E-state index is -0.797. The number of nitrogens with zero attached hydrogens (tertiary/aromatic N) is 2. The molecule has 0 spiro atoms. The quantitative estimate of drug-likeness (QED) is 0.866. The van der Waals surface area contributed by atoms with Crippen LogP contribution in [0.2, 0.25) is 0 Å². The molecular formula is C16H21BrN2O3. The first-order valence-electron chi connectivity index (χ1n) is 7.52. The minimum absolute atomic E-state index is 0.0426. The minimum Gasteiger partial charge on any atom is -0.480 e. The lowest BCUT2D eigenvalue weighted by Crippen LogP contribution is -2.48. The highest BCUT2D eigenvalue weighted by molar-refractivity contribution is 9.10. The van der Waals surface area contributed by atoms with E-state index in [9.17, 15) is 9.59 Å². The number of piperidine rings is 1. The zero-order valence-corrected chi connectivity index (χ0v) is 14.3. The number of hydrogen-bond donors (Lipinski definition) is 1. The fraction of sp³-hybridized carbons (Fsp3) is 0.500. The number of halogens is 1. The Bertz CT molecular complexity index is 542. The van der Waals surface area contributed by atoms with E-state index in [-0.39, 0.29) is 18.5 Å². The number of aliphatic carboxylic acids is 1. The summed E-state index contributed by atoms with van der Waals surface area (Å²) in [5.74, 6) is -0.754. The Labute approximate surface area is 139 Å². The average Bonchev–Trinajstić information content (AvgIpc) is 2.52. The predicted octanol–water partition coefficient (Wildman–Crippen LogP) is 2.46. The lowest BCUT2D eigenvalue weighted by atomic mass is 10.0. The van der Waals surface area contributed by atoms with Crippen LogP contribution >= 0.6 is 15.9 Å². The van der Waals surface area contributed by atoms with Gasteiger partial charge in [0.25, 0.3) is 5.91 Å². The first kappa shape index (κ1) is 17.0. The van der Waals surface area contributed by atoms with Gasteiger partial charge < -0.3 is 10.0 Å². The molecule has 1 aliphatic rings. The van der Waals surface area contributed by atoms with Crippen LogP contribution in [0.25, 0.3) is 0 Å². The summed E-state index contributed by atoms with van der Waals surface area (Å²) < 4.78 is 0.895. The monoisotopic (exact) mass is 368 g/mol. The summed E-state index contributed by atoms with van der Waals surface area (Å²) in [5, 5.41) is 8.95. The van der Waals surface area contributed by atoms with Gasteiger partial charge in [-0.3, -0.25) is 14.5 Å². The van der Waals surface area contributed by atoms with Crippen LogP contribution in [0, 0.1) is 0 Å². The molecule has 1 fully saturated rings. The molecule has 5 nitrogen and oxygen atoms in total. The average molecular weight is 369 g/mol. The van der Waals surface area contributed by atoms with E-state index in [2.05, 4.69) is 15.9 Å². The Balaban J connectivity index is 1.94. The van der Waals surface area contributed by atoms with Crippen LogP contribution in [0.4, 0.5) is 0 Å². The molecule has 1 aromatic carbocycles. The number of carboxylic acids is 1. The van der Waals surface area contributed by atoms with Crippen molar-refractivity contribution in [2.75, 3.05) is 26.2 Å². The number of hydrogen-bond acceptors (Lipinski definition) is 3. The predicted molar refractivity (Wildman–Crippen MR) is 88.0 cm³/mol. The number of carboxylic acid groups (broad SMARTS) is 1. The Morgan fingerprint density at radius 2 is 2.05 bits per heavy atom. The summed E-state index contributed by atoms with van der Waals surface area (Å²) in [6, 6.07) is 7.65. The van der Waals surface area contributed by atoms with Crippen molar-refractivity contribution < 1.29 is 14.7 Å². The molecule has 1 saturated heterocycles. The molecule has 2 rings (SSSR count). The third kappa shape index (κ3) is 4.30. The van der Waals surface area contributed by atoms with Gasteiger partial charge in [0, 0.05) is 29.2 Å². The van der Waals surface area contributed by atoms with Gasteiger partial charge in [-0.25, -0.2) is 0 Å². The molecule has 0 aliphatic carbocycles. The van der Waals surface area contributed by atoms with Crippen molar-refractivity contribution >= 4 is 27.8 Å². The summed E-state index contributed by atoms with van der Waals surface area (Å²) in [4.78, 5) is 27.2. The normalized spacial score (nSPS) is 16.0. The van der Waals surface area contributed by atoms with Gasteiger partial charge in [-0.15, -0.1) is 0 Å². The van der Waals surface area contributed by atoms with Gasteiger partial charge in [0.1, 0.15) is 0 Å². The number of likely N-dealkylation sites (N-methyl/N-ethyl adjacent to an activating group) is 1. The fourth-order valence-corrected chi connectivity index (χ4v) is 3.31. The largest absolute Gasteiger partial charge is 0.480 e. The number of benzene rings is 1. The van der Waals surface area contributed by atoms with Gasteiger partial charge in [0.15, 0.2) is 0 Å². The Kier molecular flexibility index (Phi) is 5.97. The van der Waals surface area contributed by atoms with Crippen molar-refractivity contribution in [3.63, 3.8) is 0 Å². The van der Waals surface area contributed by atoms with Crippen LogP contribution in [0.1, 0.15) is 30.1 Å². The summed E-state index contributed by atoms with van der Waals surface area (Å²) in [5.41, 5.74) is 0.686. The highest BCUT2D eigenvalue weighted by atomic mass is 79.9. The molecule has 6 heteroatoms. The zero-order valence-electron chi connectivity index (χ0n) is 12.7. The molecular weight excluding hydrogens is 348 g/mol. The third-order valence-electron chi connectivity index (χ3n) is 4.08. The van der Waals surface area contributed by atoms with E-state index in [0.717, 1.165) is 23.9 Å². The molecule has 1 amide bonds. The highest BCUT2D eigenvalue weighted by Gasteiger charge is 2.27. The van der Waals surface area contributed by atoms with E-state index in [0.29, 0.717) is 18.7 Å². The third-order valence-corrected chi connectivity index (χ3v) is 4.58. The molecule has 0 radical (unpaired) electrons. The molecule has 1 aromatic rings. The van der Waals surface area contributed by atoms with Gasteiger partial charge in [-0.05, 0) is 37.6 Å². The van der Waals surface area contributed by atoms with E-state index in [1.54, 1.807) is 0 Å². The summed E-state index contributed by atoms with van der Waals surface area (Å²) in [6.45, 7) is 4.11. The van der Waals surface area contributed by atoms with E-state index in [1.165, 1.54) is 0 Å². The molecule has 0 unspecified atom stereocenters.